The van der Waals surface area contributed by atoms with Crippen LogP contribution in [0, 0.1) is 22.7 Å². The number of nitrogens with two attached hydrogens (primary N) is 1. The highest BCUT2D eigenvalue weighted by molar-refractivity contribution is 8.00. The molecule has 1 amide bonds. The molecule has 0 bridgehead atoms. The Hall–Kier alpha value is -3.37. The molecule has 0 atom stereocenters. The summed E-state index contributed by atoms with van der Waals surface area (Å²) in [6, 6.07) is 11.3. The van der Waals surface area contributed by atoms with Crippen molar-refractivity contribution in [3.05, 3.63) is 47.0 Å². The number of rotatable bonds is 8. The largest absolute Gasteiger partial charge is 0.435 e. The van der Waals surface area contributed by atoms with Crippen LogP contribution in [0.25, 0.3) is 0 Å². The lowest BCUT2D eigenvalue weighted by atomic mass is 10.1. The molecule has 144 valence electrons. The first kappa shape index (κ1) is 20.9. The van der Waals surface area contributed by atoms with Gasteiger partial charge in [-0.2, -0.15) is 19.3 Å². The van der Waals surface area contributed by atoms with Crippen LogP contribution in [-0.4, -0.2) is 29.8 Å². The summed E-state index contributed by atoms with van der Waals surface area (Å²) in [6.45, 7) is -2.52. The highest BCUT2D eigenvalue weighted by Crippen LogP contribution is 2.23. The van der Waals surface area contributed by atoms with Crippen molar-refractivity contribution in [1.29, 1.82) is 10.5 Å². The molecule has 0 radical (unpaired) electrons. The summed E-state index contributed by atoms with van der Waals surface area (Å²) in [5.74, 6) is -0.171. The SMILES string of the molecule is N#Cc1cc(C#N)c(SCC(=O)NCCc2ccc(OC(F)F)cc2)nc1N. The van der Waals surface area contributed by atoms with Crippen molar-refractivity contribution in [1.82, 2.24) is 10.3 Å². The average Bonchev–Trinajstić information content (AvgIpc) is 2.67. The number of alkyl halides is 2. The summed E-state index contributed by atoms with van der Waals surface area (Å²) >= 11 is 1.04. The third kappa shape index (κ3) is 6.11. The number of nitriles is 2. The molecule has 7 nitrogen and oxygen atoms in total. The van der Waals surface area contributed by atoms with E-state index in [0.717, 1.165) is 17.3 Å². The number of hydrogen-bond acceptors (Lipinski definition) is 7. The van der Waals surface area contributed by atoms with Crippen LogP contribution in [0.1, 0.15) is 16.7 Å². The summed E-state index contributed by atoms with van der Waals surface area (Å²) in [5, 5.41) is 21.0. The van der Waals surface area contributed by atoms with Crippen molar-refractivity contribution in [2.75, 3.05) is 18.0 Å². The number of ether oxygens (including phenoxy) is 1. The van der Waals surface area contributed by atoms with Crippen molar-refractivity contribution in [2.24, 2.45) is 0 Å². The van der Waals surface area contributed by atoms with Gasteiger partial charge >= 0.3 is 6.61 Å². The molecule has 0 aliphatic heterocycles. The quantitative estimate of drug-likeness (QED) is 0.649. The van der Waals surface area contributed by atoms with E-state index in [2.05, 4.69) is 15.0 Å². The molecule has 28 heavy (non-hydrogen) atoms. The average molecular weight is 403 g/mol. The Morgan fingerprint density at radius 2 is 1.93 bits per heavy atom. The molecule has 1 heterocycles. The van der Waals surface area contributed by atoms with Crippen LogP contribution in [0.3, 0.4) is 0 Å². The predicted molar refractivity (Wildman–Crippen MR) is 98.6 cm³/mol. The van der Waals surface area contributed by atoms with Gasteiger partial charge in [0, 0.05) is 6.54 Å². The molecule has 0 spiro atoms. The van der Waals surface area contributed by atoms with Gasteiger partial charge < -0.3 is 15.8 Å². The highest BCUT2D eigenvalue weighted by atomic mass is 32.2. The smallest absolute Gasteiger partial charge is 0.387 e. The molecule has 0 aliphatic rings. The second-order valence-corrected chi connectivity index (χ2v) is 6.37. The van der Waals surface area contributed by atoms with E-state index in [-0.39, 0.29) is 39.4 Å². The minimum atomic E-state index is -2.87. The first-order valence-electron chi connectivity index (χ1n) is 7.97. The Balaban J connectivity index is 1.81. The number of carbonyl (C=O) groups is 1. The fourth-order valence-corrected chi connectivity index (χ4v) is 2.95. The third-order valence-electron chi connectivity index (χ3n) is 3.48. The number of nitrogens with zero attached hydrogens (tertiary/aromatic N) is 3. The number of carbonyl (C=O) groups excluding carboxylic acids is 1. The predicted octanol–water partition coefficient (Wildman–Crippen LogP) is 2.46. The summed E-state index contributed by atoms with van der Waals surface area (Å²) < 4.78 is 28.5. The van der Waals surface area contributed by atoms with Gasteiger partial charge in [-0.15, -0.1) is 0 Å². The number of amides is 1. The van der Waals surface area contributed by atoms with Crippen molar-refractivity contribution in [3.8, 4) is 17.9 Å². The lowest BCUT2D eigenvalue weighted by molar-refractivity contribution is -0.118. The fraction of sp³-hybridized carbons (Fsp3) is 0.222. The van der Waals surface area contributed by atoms with E-state index < -0.39 is 6.61 Å². The molecular weight excluding hydrogens is 388 g/mol. The van der Waals surface area contributed by atoms with Crippen LogP contribution in [0.15, 0.2) is 35.4 Å². The van der Waals surface area contributed by atoms with E-state index in [4.69, 9.17) is 16.3 Å². The van der Waals surface area contributed by atoms with Crippen LogP contribution >= 0.6 is 11.8 Å². The molecule has 1 aromatic heterocycles. The number of aromatic nitrogens is 1. The van der Waals surface area contributed by atoms with Crippen LogP contribution in [-0.2, 0) is 11.2 Å². The highest BCUT2D eigenvalue weighted by Gasteiger charge is 2.12. The van der Waals surface area contributed by atoms with E-state index in [1.54, 1.807) is 12.1 Å². The number of nitrogens with one attached hydrogen (secondary N) is 1. The summed E-state index contributed by atoms with van der Waals surface area (Å²) in [5.41, 5.74) is 6.77. The minimum Gasteiger partial charge on any atom is -0.435 e. The molecule has 2 rings (SSSR count). The third-order valence-corrected chi connectivity index (χ3v) is 4.47. The number of pyridine rings is 1. The van der Waals surface area contributed by atoms with Crippen LogP contribution in [0.5, 0.6) is 5.75 Å². The number of hydrogen-bond donors (Lipinski definition) is 2. The Bertz CT molecular complexity index is 923. The molecule has 3 N–H and O–H groups in total. The summed E-state index contributed by atoms with van der Waals surface area (Å²) in [7, 11) is 0. The van der Waals surface area contributed by atoms with E-state index in [1.165, 1.54) is 18.2 Å². The number of benzene rings is 1. The maximum Gasteiger partial charge on any atom is 0.387 e. The van der Waals surface area contributed by atoms with Crippen LogP contribution < -0.4 is 15.8 Å². The molecular formula is C18H15F2N5O2S. The Labute approximate surface area is 164 Å². The first-order chi connectivity index (χ1) is 13.4. The van der Waals surface area contributed by atoms with Gasteiger partial charge in [-0.1, -0.05) is 23.9 Å². The minimum absolute atomic E-state index is 0.00340. The van der Waals surface area contributed by atoms with Crippen LogP contribution in [0.4, 0.5) is 14.6 Å². The molecule has 1 aromatic carbocycles. The van der Waals surface area contributed by atoms with Gasteiger partial charge in [0.2, 0.25) is 5.91 Å². The Morgan fingerprint density at radius 1 is 1.25 bits per heavy atom. The lowest BCUT2D eigenvalue weighted by Crippen LogP contribution is -2.27. The number of anilines is 1. The number of halogens is 2. The first-order valence-corrected chi connectivity index (χ1v) is 8.95. The zero-order valence-corrected chi connectivity index (χ0v) is 15.3. The number of nitrogen functional groups attached to an aromatic ring is 1. The molecule has 0 unspecified atom stereocenters. The van der Waals surface area contributed by atoms with E-state index in [0.29, 0.717) is 13.0 Å². The van der Waals surface area contributed by atoms with Gasteiger partial charge in [0.05, 0.1) is 16.9 Å². The Morgan fingerprint density at radius 3 is 2.54 bits per heavy atom. The van der Waals surface area contributed by atoms with Crippen molar-refractivity contribution >= 4 is 23.5 Å². The van der Waals surface area contributed by atoms with Gasteiger partial charge in [0.15, 0.2) is 0 Å². The van der Waals surface area contributed by atoms with Gasteiger partial charge in [-0.3, -0.25) is 4.79 Å². The molecule has 0 saturated heterocycles. The molecule has 2 aromatic rings. The van der Waals surface area contributed by atoms with Gasteiger partial charge in [-0.05, 0) is 30.2 Å². The topological polar surface area (TPSA) is 125 Å². The molecule has 0 fully saturated rings. The second-order valence-electron chi connectivity index (χ2n) is 5.41. The van der Waals surface area contributed by atoms with Crippen molar-refractivity contribution in [2.45, 2.75) is 18.1 Å². The molecule has 0 aliphatic carbocycles. The van der Waals surface area contributed by atoms with Gasteiger partial charge in [0.25, 0.3) is 0 Å². The maximum atomic E-state index is 12.1. The van der Waals surface area contributed by atoms with Crippen molar-refractivity contribution in [3.63, 3.8) is 0 Å². The van der Waals surface area contributed by atoms with Crippen molar-refractivity contribution < 1.29 is 18.3 Å². The second kappa shape index (κ2) is 10.1. The normalized spacial score (nSPS) is 10.2. The van der Waals surface area contributed by atoms with E-state index in [9.17, 15) is 13.6 Å². The fourth-order valence-electron chi connectivity index (χ4n) is 2.16. The van der Waals surface area contributed by atoms with E-state index >= 15 is 0 Å². The zero-order valence-electron chi connectivity index (χ0n) is 14.5. The van der Waals surface area contributed by atoms with Crippen LogP contribution in [0.2, 0.25) is 0 Å². The van der Waals surface area contributed by atoms with Gasteiger partial charge in [-0.25, -0.2) is 4.98 Å². The molecule has 0 saturated carbocycles. The lowest BCUT2D eigenvalue weighted by Gasteiger charge is -2.08. The Kier molecular flexibility index (Phi) is 7.55. The monoisotopic (exact) mass is 403 g/mol. The van der Waals surface area contributed by atoms with Gasteiger partial charge in [0.1, 0.15) is 28.7 Å². The maximum absolute atomic E-state index is 12.1. The summed E-state index contributed by atoms with van der Waals surface area (Å²) in [6.07, 6.45) is 0.511. The molecule has 10 heteroatoms. The standard InChI is InChI=1S/C18H15F2N5O2S/c19-18(20)27-14-3-1-11(2-4-14)5-6-24-15(26)10-28-17-13(9-22)7-12(8-21)16(23)25-17/h1-4,7,18H,5-6,10H2,(H2,23,25)(H,24,26). The summed E-state index contributed by atoms with van der Waals surface area (Å²) in [4.78, 5) is 16.0. The zero-order chi connectivity index (χ0) is 20.5. The van der Waals surface area contributed by atoms with E-state index in [1.807, 2.05) is 12.1 Å². The number of thioether (sulfide) groups is 1.